The third-order valence-electron chi connectivity index (χ3n) is 10.2. The Labute approximate surface area is 308 Å². The van der Waals surface area contributed by atoms with E-state index in [0.717, 1.165) is 41.6 Å². The van der Waals surface area contributed by atoms with Gasteiger partial charge in [0.15, 0.2) is 0 Å². The number of aromatic nitrogens is 3. The average Bonchev–Trinajstić information content (AvgIpc) is 3.47. The lowest BCUT2D eigenvalue weighted by molar-refractivity contribution is -0.127. The average molecular weight is 724 g/mol. The van der Waals surface area contributed by atoms with Gasteiger partial charge >= 0.3 is 11.8 Å². The molecule has 2 fully saturated rings. The molecule has 53 heavy (non-hydrogen) atoms. The first-order valence-corrected chi connectivity index (χ1v) is 18.4. The molecule has 4 amide bonds. The molecule has 0 radical (unpaired) electrons. The Morgan fingerprint density at radius 2 is 1.64 bits per heavy atom. The van der Waals surface area contributed by atoms with Gasteiger partial charge in [0.05, 0.1) is 11.0 Å². The molecule has 2 saturated carbocycles. The van der Waals surface area contributed by atoms with Crippen LogP contribution < -0.4 is 27.0 Å². The minimum Gasteiger partial charge on any atom is -0.444 e. The van der Waals surface area contributed by atoms with E-state index in [1.54, 1.807) is 24.3 Å². The van der Waals surface area contributed by atoms with Gasteiger partial charge in [-0.25, -0.2) is 14.6 Å². The van der Waals surface area contributed by atoms with Crippen LogP contribution in [0.5, 0.6) is 0 Å². The van der Waals surface area contributed by atoms with Crippen molar-refractivity contribution in [3.8, 4) is 11.1 Å². The Morgan fingerprint density at radius 3 is 2.26 bits per heavy atom. The zero-order valence-electron chi connectivity index (χ0n) is 30.8. The van der Waals surface area contributed by atoms with E-state index >= 15 is 0 Å². The molecular weight excluding hydrogens is 674 g/mol. The molecule has 2 aliphatic rings. The lowest BCUT2D eigenvalue weighted by Gasteiger charge is -2.36. The fraction of sp³-hybridized carbons (Fsp3) is 0.450. The van der Waals surface area contributed by atoms with Gasteiger partial charge in [-0.15, -0.1) is 0 Å². The van der Waals surface area contributed by atoms with Crippen molar-refractivity contribution in [2.75, 3.05) is 11.4 Å². The Bertz CT molecular complexity index is 2030. The summed E-state index contributed by atoms with van der Waals surface area (Å²) in [6.45, 7) is 7.76. The number of primary amides is 1. The second-order valence-corrected chi connectivity index (χ2v) is 15.4. The SMILES string of the molecule is Cc1nc(C(=O)NC2CCC2)ccc1-c1ccc(C[C@@H](C(N)=O)N(C(=O)C2CCC(CNC(=O)OC(C)(C)C)CC2)c2ccc3[nH]c(=O)[nH]c3c2)cc1. The number of alkyl carbamates (subject to hydrolysis) is 1. The van der Waals surface area contributed by atoms with Gasteiger partial charge in [-0.1, -0.05) is 30.3 Å². The number of aryl methyl sites for hydroxylation is 1. The van der Waals surface area contributed by atoms with Crippen LogP contribution in [0.2, 0.25) is 0 Å². The smallest absolute Gasteiger partial charge is 0.407 e. The number of ether oxygens (including phenoxy) is 1. The molecule has 2 aromatic heterocycles. The van der Waals surface area contributed by atoms with Gasteiger partial charge in [-0.2, -0.15) is 0 Å². The Kier molecular flexibility index (Phi) is 11.0. The van der Waals surface area contributed by atoms with E-state index in [1.807, 2.05) is 58.0 Å². The number of nitrogens with zero attached hydrogens (tertiary/aromatic N) is 2. The molecular formula is C40H49N7O6. The van der Waals surface area contributed by atoms with E-state index in [1.165, 1.54) is 4.90 Å². The van der Waals surface area contributed by atoms with Crippen molar-refractivity contribution in [3.63, 3.8) is 0 Å². The van der Waals surface area contributed by atoms with Crippen molar-refractivity contribution < 1.29 is 23.9 Å². The number of pyridine rings is 1. The molecule has 2 aromatic carbocycles. The highest BCUT2D eigenvalue weighted by Crippen LogP contribution is 2.34. The molecule has 1 atom stereocenters. The van der Waals surface area contributed by atoms with E-state index in [0.29, 0.717) is 54.6 Å². The molecule has 0 aliphatic heterocycles. The summed E-state index contributed by atoms with van der Waals surface area (Å²) < 4.78 is 5.36. The summed E-state index contributed by atoms with van der Waals surface area (Å²) in [5.41, 5.74) is 10.3. The first kappa shape index (κ1) is 37.3. The number of carbonyl (C=O) groups is 4. The second-order valence-electron chi connectivity index (χ2n) is 15.4. The maximum Gasteiger partial charge on any atom is 0.407 e. The number of aromatic amines is 2. The number of carbonyl (C=O) groups excluding carboxylic acids is 4. The highest BCUT2D eigenvalue weighted by atomic mass is 16.6. The van der Waals surface area contributed by atoms with Crippen molar-refractivity contribution in [2.45, 2.75) is 96.7 Å². The zero-order valence-corrected chi connectivity index (χ0v) is 30.8. The molecule has 0 unspecified atom stereocenters. The van der Waals surface area contributed by atoms with Crippen molar-refractivity contribution in [1.29, 1.82) is 0 Å². The van der Waals surface area contributed by atoms with Crippen LogP contribution in [0, 0.1) is 18.8 Å². The van der Waals surface area contributed by atoms with Gasteiger partial charge in [0.2, 0.25) is 11.8 Å². The number of hydrogen-bond donors (Lipinski definition) is 5. The van der Waals surface area contributed by atoms with Crippen LogP contribution in [-0.2, 0) is 20.7 Å². The van der Waals surface area contributed by atoms with Crippen molar-refractivity contribution in [2.24, 2.45) is 17.6 Å². The zero-order chi connectivity index (χ0) is 37.9. The number of nitrogens with two attached hydrogens (primary N) is 1. The van der Waals surface area contributed by atoms with E-state index in [4.69, 9.17) is 10.5 Å². The fourth-order valence-electron chi connectivity index (χ4n) is 7.15. The lowest BCUT2D eigenvalue weighted by atomic mass is 9.81. The first-order chi connectivity index (χ1) is 25.2. The molecule has 280 valence electrons. The first-order valence-electron chi connectivity index (χ1n) is 18.4. The van der Waals surface area contributed by atoms with Gasteiger partial charge in [0.25, 0.3) is 5.91 Å². The monoisotopic (exact) mass is 723 g/mol. The molecule has 4 aromatic rings. The Morgan fingerprint density at radius 1 is 0.943 bits per heavy atom. The number of H-pyrrole nitrogens is 2. The van der Waals surface area contributed by atoms with Gasteiger partial charge in [0.1, 0.15) is 17.3 Å². The minimum atomic E-state index is -1.01. The van der Waals surface area contributed by atoms with Gasteiger partial charge in [-0.05, 0) is 114 Å². The summed E-state index contributed by atoms with van der Waals surface area (Å²) in [7, 11) is 0. The van der Waals surface area contributed by atoms with E-state index in [9.17, 15) is 24.0 Å². The van der Waals surface area contributed by atoms with Crippen LogP contribution >= 0.6 is 0 Å². The fourth-order valence-corrected chi connectivity index (χ4v) is 7.15. The largest absolute Gasteiger partial charge is 0.444 e. The summed E-state index contributed by atoms with van der Waals surface area (Å²) in [6, 6.07) is 15.6. The number of anilines is 1. The van der Waals surface area contributed by atoms with Gasteiger partial charge < -0.3 is 31.1 Å². The summed E-state index contributed by atoms with van der Waals surface area (Å²) >= 11 is 0. The maximum absolute atomic E-state index is 14.5. The molecule has 13 nitrogen and oxygen atoms in total. The van der Waals surface area contributed by atoms with E-state index in [2.05, 4.69) is 25.6 Å². The van der Waals surface area contributed by atoms with Crippen LogP contribution in [0.15, 0.2) is 59.4 Å². The summed E-state index contributed by atoms with van der Waals surface area (Å²) in [4.78, 5) is 76.1. The summed E-state index contributed by atoms with van der Waals surface area (Å²) in [6.07, 6.45) is 5.41. The molecule has 2 aliphatic carbocycles. The summed E-state index contributed by atoms with van der Waals surface area (Å²) in [5, 5.41) is 5.87. The molecule has 2 heterocycles. The number of amides is 4. The normalized spacial score (nSPS) is 18.1. The number of nitrogens with one attached hydrogen (secondary N) is 4. The number of rotatable bonds is 11. The van der Waals surface area contributed by atoms with Gasteiger partial charge in [0, 0.05) is 41.9 Å². The Balaban J connectivity index is 1.19. The molecule has 6 rings (SSSR count). The minimum absolute atomic E-state index is 0.162. The number of imidazole rings is 1. The van der Waals surface area contributed by atoms with Gasteiger partial charge in [-0.3, -0.25) is 19.3 Å². The molecule has 0 saturated heterocycles. The van der Waals surface area contributed by atoms with Crippen LogP contribution in [0.1, 0.15) is 87.5 Å². The van der Waals surface area contributed by atoms with Crippen LogP contribution in [0.4, 0.5) is 10.5 Å². The van der Waals surface area contributed by atoms with Crippen LogP contribution in [-0.4, -0.2) is 63.0 Å². The standard InChI is InChI=1S/C40H49N7O6/c1-23-30(17-19-32(43-23)36(49)44-28-6-5-7-28)26-12-8-24(9-13-26)20-34(35(41)48)47(29-16-18-31-33(21-29)46-38(51)45-31)37(50)27-14-10-25(11-15-27)22-42-39(52)53-40(2,3)4/h8-9,12-13,16-19,21,25,27-28,34H,5-7,10-11,14-15,20,22H2,1-4H3,(H2,41,48)(H,42,52)(H,44,49)(H2,45,46,51)/t25?,27?,34-/m0/s1. The number of hydrogen-bond acceptors (Lipinski definition) is 7. The predicted octanol–water partition coefficient (Wildman–Crippen LogP) is 5.27. The Hall–Kier alpha value is -5.46. The third kappa shape index (κ3) is 9.13. The van der Waals surface area contributed by atoms with Crippen LogP contribution in [0.3, 0.4) is 0 Å². The third-order valence-corrected chi connectivity index (χ3v) is 10.2. The van der Waals surface area contributed by atoms with E-state index in [-0.39, 0.29) is 41.8 Å². The number of fused-ring (bicyclic) bond motifs is 1. The predicted molar refractivity (Wildman–Crippen MR) is 202 cm³/mol. The van der Waals surface area contributed by atoms with Crippen molar-refractivity contribution >= 4 is 40.5 Å². The second kappa shape index (κ2) is 15.6. The van der Waals surface area contributed by atoms with Crippen molar-refractivity contribution in [3.05, 3.63) is 82.0 Å². The maximum atomic E-state index is 14.5. The van der Waals surface area contributed by atoms with Crippen LogP contribution in [0.25, 0.3) is 22.2 Å². The highest BCUT2D eigenvalue weighted by molar-refractivity contribution is 6.02. The molecule has 0 spiro atoms. The molecule has 6 N–H and O–H groups in total. The van der Waals surface area contributed by atoms with Crippen molar-refractivity contribution in [1.82, 2.24) is 25.6 Å². The topological polar surface area (TPSA) is 192 Å². The lowest BCUT2D eigenvalue weighted by Crippen LogP contribution is -2.52. The quantitative estimate of drug-likeness (QED) is 0.139. The molecule has 0 bridgehead atoms. The number of benzene rings is 2. The van der Waals surface area contributed by atoms with E-state index < -0.39 is 23.6 Å². The molecule has 13 heteroatoms. The summed E-state index contributed by atoms with van der Waals surface area (Å²) in [5.74, 6) is -1.22. The highest BCUT2D eigenvalue weighted by Gasteiger charge is 2.36.